The summed E-state index contributed by atoms with van der Waals surface area (Å²) < 4.78 is 5.88. The lowest BCUT2D eigenvalue weighted by molar-refractivity contribution is -0.107. The van der Waals surface area contributed by atoms with Crippen molar-refractivity contribution < 1.29 is 14.3 Å². The molecule has 0 radical (unpaired) electrons. The van der Waals surface area contributed by atoms with Gasteiger partial charge in [0.05, 0.1) is 5.56 Å². The Hall–Kier alpha value is -0.910. The van der Waals surface area contributed by atoms with E-state index in [1.165, 1.54) is 0 Å². The second-order valence-electron chi connectivity index (χ2n) is 3.01. The van der Waals surface area contributed by atoms with Gasteiger partial charge in [0, 0.05) is 15.6 Å². The summed E-state index contributed by atoms with van der Waals surface area (Å²) in [5.41, 5.74) is 2.50. The molecule has 14 heavy (non-hydrogen) atoms. The van der Waals surface area contributed by atoms with Gasteiger partial charge >= 0.3 is 5.97 Å². The molecule has 0 N–H and O–H groups in total. The van der Waals surface area contributed by atoms with E-state index in [1.807, 2.05) is 6.07 Å². The Labute approximate surface area is 94.6 Å². The molecule has 1 aromatic carbocycles. The quantitative estimate of drug-likeness (QED) is 0.474. The molecule has 1 aromatic rings. The Morgan fingerprint density at radius 1 is 1.50 bits per heavy atom. The maximum Gasteiger partial charge on any atom is 0.338 e. The fourth-order valence-electron chi connectivity index (χ4n) is 1.46. The van der Waals surface area contributed by atoms with Gasteiger partial charge in [-0.1, -0.05) is 6.07 Å². The molecule has 0 unspecified atom stereocenters. The third kappa shape index (κ3) is 1.43. The Bertz CT molecular complexity index is 412. The highest BCUT2D eigenvalue weighted by Crippen LogP contribution is 2.27. The maximum atomic E-state index is 11.2. The summed E-state index contributed by atoms with van der Waals surface area (Å²) in [5, 5.41) is 0. The van der Waals surface area contributed by atoms with Gasteiger partial charge in [0.2, 0.25) is 0 Å². The smallest absolute Gasteiger partial charge is 0.338 e. The zero-order chi connectivity index (χ0) is 10.1. The molecule has 72 valence electrons. The van der Waals surface area contributed by atoms with Crippen LogP contribution in [-0.4, -0.2) is 12.3 Å². The molecule has 0 spiro atoms. The van der Waals surface area contributed by atoms with Crippen molar-refractivity contribution in [2.24, 2.45) is 0 Å². The SMILES string of the molecule is O=CCc1ccc2c(c1I)COC2=O. The van der Waals surface area contributed by atoms with Gasteiger partial charge in [0.15, 0.2) is 0 Å². The van der Waals surface area contributed by atoms with E-state index in [0.29, 0.717) is 18.6 Å². The van der Waals surface area contributed by atoms with Crippen molar-refractivity contribution in [3.05, 3.63) is 32.4 Å². The number of carbonyl (C=O) groups is 2. The lowest BCUT2D eigenvalue weighted by Crippen LogP contribution is -1.98. The van der Waals surface area contributed by atoms with Gasteiger partial charge in [-0.05, 0) is 34.2 Å². The number of fused-ring (bicyclic) bond motifs is 1. The van der Waals surface area contributed by atoms with E-state index in [-0.39, 0.29) is 5.97 Å². The summed E-state index contributed by atoms with van der Waals surface area (Å²) >= 11 is 2.15. The molecule has 0 bridgehead atoms. The van der Waals surface area contributed by atoms with Gasteiger partial charge in [-0.3, -0.25) is 0 Å². The van der Waals surface area contributed by atoms with Crippen LogP contribution in [0.15, 0.2) is 12.1 Å². The van der Waals surface area contributed by atoms with Crippen LogP contribution in [0.3, 0.4) is 0 Å². The number of rotatable bonds is 2. The number of hydrogen-bond donors (Lipinski definition) is 0. The van der Waals surface area contributed by atoms with E-state index in [9.17, 15) is 9.59 Å². The predicted octanol–water partition coefficient (Wildman–Crippen LogP) is 1.70. The molecule has 0 saturated carbocycles. The summed E-state index contributed by atoms with van der Waals surface area (Å²) in [7, 11) is 0. The molecule has 0 aliphatic carbocycles. The van der Waals surface area contributed by atoms with Crippen LogP contribution in [0.5, 0.6) is 0 Å². The number of aldehydes is 1. The first kappa shape index (κ1) is 9.64. The Morgan fingerprint density at radius 3 is 3.00 bits per heavy atom. The number of halogens is 1. The van der Waals surface area contributed by atoms with E-state index < -0.39 is 0 Å². The molecule has 1 heterocycles. The Balaban J connectivity index is 2.52. The largest absolute Gasteiger partial charge is 0.457 e. The summed E-state index contributed by atoms with van der Waals surface area (Å²) in [6.45, 7) is 0.332. The fraction of sp³-hybridized carbons (Fsp3) is 0.200. The van der Waals surface area contributed by atoms with Gasteiger partial charge in [-0.15, -0.1) is 0 Å². The van der Waals surface area contributed by atoms with Crippen molar-refractivity contribution in [3.8, 4) is 0 Å². The van der Waals surface area contributed by atoms with E-state index in [0.717, 1.165) is 21.0 Å². The lowest BCUT2D eigenvalue weighted by Gasteiger charge is -2.03. The van der Waals surface area contributed by atoms with E-state index in [2.05, 4.69) is 22.6 Å². The first-order valence-electron chi connectivity index (χ1n) is 4.15. The molecule has 4 heteroatoms. The van der Waals surface area contributed by atoms with Crippen molar-refractivity contribution in [1.29, 1.82) is 0 Å². The third-order valence-corrected chi connectivity index (χ3v) is 3.54. The third-order valence-electron chi connectivity index (χ3n) is 2.19. The van der Waals surface area contributed by atoms with Crippen molar-refractivity contribution in [2.45, 2.75) is 13.0 Å². The van der Waals surface area contributed by atoms with Crippen LogP contribution in [0.25, 0.3) is 0 Å². The van der Waals surface area contributed by atoms with Crippen molar-refractivity contribution in [2.75, 3.05) is 0 Å². The van der Waals surface area contributed by atoms with E-state index >= 15 is 0 Å². The molecule has 3 nitrogen and oxygen atoms in total. The number of carbonyl (C=O) groups excluding carboxylic acids is 2. The highest BCUT2D eigenvalue weighted by atomic mass is 127. The van der Waals surface area contributed by atoms with Gasteiger partial charge < -0.3 is 9.53 Å². The summed E-state index contributed by atoms with van der Waals surface area (Å²) in [5.74, 6) is -0.268. The zero-order valence-electron chi connectivity index (χ0n) is 7.25. The van der Waals surface area contributed by atoms with Crippen LogP contribution in [-0.2, 0) is 22.6 Å². The predicted molar refractivity (Wildman–Crippen MR) is 58.0 cm³/mol. The lowest BCUT2D eigenvalue weighted by atomic mass is 10.0. The minimum atomic E-state index is -0.268. The average Bonchev–Trinajstić information content (AvgIpc) is 2.54. The normalized spacial score (nSPS) is 13.6. The maximum absolute atomic E-state index is 11.2. The highest BCUT2D eigenvalue weighted by molar-refractivity contribution is 14.1. The van der Waals surface area contributed by atoms with Gasteiger partial charge in [-0.25, -0.2) is 4.79 Å². The summed E-state index contributed by atoms with van der Waals surface area (Å²) in [4.78, 5) is 21.6. The molecular weight excluding hydrogens is 295 g/mol. The molecule has 0 atom stereocenters. The Kier molecular flexibility index (Phi) is 2.54. The van der Waals surface area contributed by atoms with Gasteiger partial charge in [-0.2, -0.15) is 0 Å². The zero-order valence-corrected chi connectivity index (χ0v) is 9.41. The summed E-state index contributed by atoms with van der Waals surface area (Å²) in [6, 6.07) is 3.53. The topological polar surface area (TPSA) is 43.4 Å². The molecule has 1 aliphatic rings. The van der Waals surface area contributed by atoms with E-state index in [4.69, 9.17) is 4.74 Å². The van der Waals surface area contributed by atoms with Crippen LogP contribution in [0, 0.1) is 3.57 Å². The van der Waals surface area contributed by atoms with E-state index in [1.54, 1.807) is 6.07 Å². The first-order chi connectivity index (χ1) is 6.74. The standard InChI is InChI=1S/C10H7IO3/c11-9-6(3-4-12)1-2-7-8(9)5-14-10(7)13/h1-2,4H,3,5H2. The molecule has 0 saturated heterocycles. The van der Waals surface area contributed by atoms with Gasteiger partial charge in [0.1, 0.15) is 12.9 Å². The van der Waals surface area contributed by atoms with Crippen LogP contribution in [0.4, 0.5) is 0 Å². The van der Waals surface area contributed by atoms with Crippen LogP contribution in [0.1, 0.15) is 21.5 Å². The minimum Gasteiger partial charge on any atom is -0.457 e. The number of cyclic esters (lactones) is 1. The van der Waals surface area contributed by atoms with Crippen molar-refractivity contribution >= 4 is 34.8 Å². The molecular formula is C10H7IO3. The van der Waals surface area contributed by atoms with Crippen molar-refractivity contribution in [3.63, 3.8) is 0 Å². The second-order valence-corrected chi connectivity index (χ2v) is 4.09. The number of ether oxygens (including phenoxy) is 1. The number of esters is 1. The summed E-state index contributed by atoms with van der Waals surface area (Å²) in [6.07, 6.45) is 1.25. The fourth-order valence-corrected chi connectivity index (χ4v) is 2.31. The van der Waals surface area contributed by atoms with Crippen LogP contribution in [0.2, 0.25) is 0 Å². The minimum absolute atomic E-state index is 0.268. The Morgan fingerprint density at radius 2 is 2.29 bits per heavy atom. The highest BCUT2D eigenvalue weighted by Gasteiger charge is 2.24. The van der Waals surface area contributed by atoms with Crippen LogP contribution >= 0.6 is 22.6 Å². The van der Waals surface area contributed by atoms with Gasteiger partial charge in [0.25, 0.3) is 0 Å². The second kappa shape index (κ2) is 3.68. The number of benzene rings is 1. The number of hydrogen-bond acceptors (Lipinski definition) is 3. The molecule has 0 amide bonds. The van der Waals surface area contributed by atoms with Crippen molar-refractivity contribution in [1.82, 2.24) is 0 Å². The molecule has 0 aromatic heterocycles. The molecule has 1 aliphatic heterocycles. The van der Waals surface area contributed by atoms with Crippen LogP contribution < -0.4 is 0 Å². The first-order valence-corrected chi connectivity index (χ1v) is 5.23. The molecule has 0 fully saturated rings. The monoisotopic (exact) mass is 302 g/mol. The average molecular weight is 302 g/mol. The molecule has 2 rings (SSSR count).